The number of carbonyl (C=O) groups is 2. The summed E-state index contributed by atoms with van der Waals surface area (Å²) in [6.07, 6.45) is 1.55. The van der Waals surface area contributed by atoms with E-state index in [-0.39, 0.29) is 0 Å². The lowest BCUT2D eigenvalue weighted by atomic mass is 10.5. The first-order chi connectivity index (χ1) is 8.99. The van der Waals surface area contributed by atoms with Crippen LogP contribution >= 0.6 is 0 Å². The molecule has 0 aliphatic carbocycles. The molecule has 1 aromatic heterocycles. The minimum absolute atomic E-state index is 0.478. The summed E-state index contributed by atoms with van der Waals surface area (Å²) in [4.78, 5) is 58.6. The van der Waals surface area contributed by atoms with E-state index in [4.69, 9.17) is 0 Å². The van der Waals surface area contributed by atoms with E-state index in [0.717, 1.165) is 12.2 Å². The molecule has 0 radical (unpaired) electrons. The van der Waals surface area contributed by atoms with Gasteiger partial charge in [0, 0.05) is 12.2 Å². The van der Waals surface area contributed by atoms with Gasteiger partial charge in [-0.1, -0.05) is 0 Å². The van der Waals surface area contributed by atoms with Crippen molar-refractivity contribution in [1.82, 2.24) is 14.1 Å². The molecule has 2 bridgehead atoms. The highest BCUT2D eigenvalue weighted by Crippen LogP contribution is 1.89. The highest BCUT2D eigenvalue weighted by molar-refractivity contribution is 5.91. The zero-order chi connectivity index (χ0) is 14.0. The molecule has 100 valence electrons. The van der Waals surface area contributed by atoms with Gasteiger partial charge in [-0.3, -0.25) is 4.98 Å². The van der Waals surface area contributed by atoms with Crippen molar-refractivity contribution in [1.29, 1.82) is 0 Å². The Morgan fingerprint density at radius 2 is 1.26 bits per heavy atom. The summed E-state index contributed by atoms with van der Waals surface area (Å²) < 4.78 is 10.1. The van der Waals surface area contributed by atoms with Crippen LogP contribution in [0.15, 0.2) is 26.5 Å². The Labute approximate surface area is 103 Å². The van der Waals surface area contributed by atoms with Gasteiger partial charge in [-0.25, -0.2) is 33.1 Å². The number of hydrogen-bond acceptors (Lipinski definition) is 7. The summed E-state index contributed by atoms with van der Waals surface area (Å²) in [6.45, 7) is -1.38. The third-order valence-corrected chi connectivity index (χ3v) is 2.19. The average molecular weight is 269 g/mol. The summed E-state index contributed by atoms with van der Waals surface area (Å²) in [5.74, 6) is -1.88. The van der Waals surface area contributed by atoms with Crippen LogP contribution in [0, 0.1) is 0 Å². The molecule has 10 nitrogen and oxygen atoms in total. The van der Waals surface area contributed by atoms with Gasteiger partial charge in [-0.05, 0) is 0 Å². The molecule has 0 atom stereocenters. The summed E-state index contributed by atoms with van der Waals surface area (Å²) in [5.41, 5.74) is -3.13. The first-order valence-corrected chi connectivity index (χ1v) is 4.94. The fourth-order valence-corrected chi connectivity index (χ4v) is 1.26. The van der Waals surface area contributed by atoms with Crippen LogP contribution in [0.25, 0.3) is 0 Å². The Morgan fingerprint density at radius 1 is 0.842 bits per heavy atom. The maximum Gasteiger partial charge on any atom is 0.341 e. The van der Waals surface area contributed by atoms with E-state index in [2.05, 4.69) is 9.47 Å². The predicted molar refractivity (Wildman–Crippen MR) is 56.9 cm³/mol. The Balaban J connectivity index is 2.58. The lowest BCUT2D eigenvalue weighted by molar-refractivity contribution is -0.143. The van der Waals surface area contributed by atoms with Crippen molar-refractivity contribution in [2.45, 2.75) is 13.5 Å². The molecule has 1 N–H and O–H groups in total. The molecule has 0 unspecified atom stereocenters. The Kier molecular flexibility index (Phi) is 3.14. The minimum Gasteiger partial charge on any atom is -0.440 e. The molecule has 19 heavy (non-hydrogen) atoms. The summed E-state index contributed by atoms with van der Waals surface area (Å²) >= 11 is 0. The smallest absolute Gasteiger partial charge is 0.341 e. The summed E-state index contributed by atoms with van der Waals surface area (Å²) in [5, 5.41) is 0. The number of aromatic amines is 1. The first-order valence-electron chi connectivity index (χ1n) is 4.94. The Morgan fingerprint density at radius 3 is 1.68 bits per heavy atom. The molecule has 1 aliphatic rings. The molecule has 0 amide bonds. The number of hydrogen-bond donors (Lipinski definition) is 1. The van der Waals surface area contributed by atoms with Gasteiger partial charge in [0.15, 0.2) is 13.5 Å². The lowest BCUT2D eigenvalue weighted by Gasteiger charge is -2.07. The lowest BCUT2D eigenvalue weighted by Crippen LogP contribution is -2.50. The molecule has 0 aromatic carbocycles. The van der Waals surface area contributed by atoms with Crippen LogP contribution in [0.1, 0.15) is 0 Å². The Bertz CT molecular complexity index is 678. The average Bonchev–Trinajstić information content (AvgIpc) is 2.36. The number of carbonyl (C=O) groups excluding carboxylic acids is 2. The van der Waals surface area contributed by atoms with Crippen molar-refractivity contribution in [3.05, 3.63) is 43.6 Å². The topological polar surface area (TPSA) is 129 Å². The summed E-state index contributed by atoms with van der Waals surface area (Å²) in [6, 6.07) is 0. The van der Waals surface area contributed by atoms with E-state index >= 15 is 0 Å². The number of H-pyrrole nitrogens is 1. The van der Waals surface area contributed by atoms with Gasteiger partial charge in [-0.15, -0.1) is 0 Å². The third kappa shape index (κ3) is 2.51. The normalized spacial score (nSPS) is 17.1. The first kappa shape index (κ1) is 12.5. The van der Waals surface area contributed by atoms with Crippen LogP contribution in [0.3, 0.4) is 0 Å². The Hall–Kier alpha value is -2.91. The number of ether oxygens (including phenoxy) is 2. The van der Waals surface area contributed by atoms with Gasteiger partial charge in [0.25, 0.3) is 0 Å². The predicted octanol–water partition coefficient (Wildman–Crippen LogP) is -2.73. The van der Waals surface area contributed by atoms with Gasteiger partial charge in [0.1, 0.15) is 0 Å². The fourth-order valence-electron chi connectivity index (χ4n) is 1.26. The van der Waals surface area contributed by atoms with Gasteiger partial charge in [0.05, 0.1) is 0 Å². The second-order valence-corrected chi connectivity index (χ2v) is 3.39. The van der Waals surface area contributed by atoms with Gasteiger partial charge < -0.3 is 9.47 Å². The van der Waals surface area contributed by atoms with E-state index in [9.17, 15) is 24.0 Å². The maximum atomic E-state index is 11.8. The monoisotopic (exact) mass is 269 g/mol. The number of nitrogens with zero attached hydrogens (tertiary/aromatic N) is 2. The molecule has 0 spiro atoms. The van der Waals surface area contributed by atoms with Gasteiger partial charge in [0.2, 0.25) is 0 Å². The van der Waals surface area contributed by atoms with Gasteiger partial charge in [-0.2, -0.15) is 0 Å². The van der Waals surface area contributed by atoms with Crippen LogP contribution in [0.4, 0.5) is 0 Å². The second-order valence-electron chi connectivity index (χ2n) is 3.39. The van der Waals surface area contributed by atoms with Crippen molar-refractivity contribution in [3.8, 4) is 0 Å². The van der Waals surface area contributed by atoms with E-state index in [0.29, 0.717) is 9.13 Å². The van der Waals surface area contributed by atoms with E-state index in [1.807, 2.05) is 4.98 Å². The molecule has 0 saturated heterocycles. The van der Waals surface area contributed by atoms with E-state index < -0.39 is 42.5 Å². The zero-order valence-corrected chi connectivity index (χ0v) is 9.32. The molecule has 1 aromatic rings. The molecule has 10 heteroatoms. The van der Waals surface area contributed by atoms with Crippen LogP contribution in [-0.2, 0) is 32.5 Å². The molecular formula is C9H7N3O7. The molecule has 2 heterocycles. The van der Waals surface area contributed by atoms with Crippen molar-refractivity contribution in [2.24, 2.45) is 0 Å². The summed E-state index contributed by atoms with van der Waals surface area (Å²) in [7, 11) is 0. The highest BCUT2D eigenvalue weighted by atomic mass is 16.6. The third-order valence-electron chi connectivity index (χ3n) is 2.19. The van der Waals surface area contributed by atoms with Crippen molar-refractivity contribution in [3.63, 3.8) is 0 Å². The number of cyclic esters (lactones) is 2. The van der Waals surface area contributed by atoms with E-state index in [1.165, 1.54) is 0 Å². The standard InChI is InChI=1S/C9H7N3O7/c13-5-1-2-6(14)19-4-12-8(16)10-7(15)11(3-18-5)9(12)17/h1-2H,3-4H2,(H,10,15,16)/b2-1-. The van der Waals surface area contributed by atoms with Crippen LogP contribution in [-0.4, -0.2) is 26.1 Å². The van der Waals surface area contributed by atoms with Crippen LogP contribution in [0.2, 0.25) is 0 Å². The minimum atomic E-state index is -1.06. The van der Waals surface area contributed by atoms with Crippen LogP contribution < -0.4 is 17.1 Å². The molecule has 0 saturated carbocycles. The maximum absolute atomic E-state index is 11.8. The van der Waals surface area contributed by atoms with Crippen molar-refractivity contribution < 1.29 is 19.1 Å². The van der Waals surface area contributed by atoms with Crippen LogP contribution in [0.5, 0.6) is 0 Å². The molecule has 0 fully saturated rings. The van der Waals surface area contributed by atoms with Crippen molar-refractivity contribution >= 4 is 11.9 Å². The molecule has 2 rings (SSSR count). The number of aromatic nitrogens is 3. The molecular weight excluding hydrogens is 262 g/mol. The zero-order valence-electron chi connectivity index (χ0n) is 9.32. The SMILES string of the molecule is O=C1/C=C\C(=O)OCn2c(=O)[nH]c(=O)n(c2=O)CO1. The number of nitrogens with one attached hydrogen (secondary N) is 1. The number of rotatable bonds is 0. The largest absolute Gasteiger partial charge is 0.440 e. The fraction of sp³-hybridized carbons (Fsp3) is 0.222. The molecule has 1 aliphatic heterocycles. The quantitative estimate of drug-likeness (QED) is 0.506. The van der Waals surface area contributed by atoms with Gasteiger partial charge >= 0.3 is 29.0 Å². The van der Waals surface area contributed by atoms with E-state index in [1.54, 1.807) is 0 Å². The highest BCUT2D eigenvalue weighted by Gasteiger charge is 2.13. The number of esters is 2. The van der Waals surface area contributed by atoms with Crippen molar-refractivity contribution in [2.75, 3.05) is 0 Å². The number of fused-ring (bicyclic) bond motifs is 2. The second kappa shape index (κ2) is 4.76.